The molecule has 0 heterocycles. The highest BCUT2D eigenvalue weighted by Gasteiger charge is 2.55. The maximum atomic E-state index is 9.35. The number of fused-ring (bicyclic) bond motifs is 2. The van der Waals surface area contributed by atoms with Gasteiger partial charge >= 0.3 is 0 Å². The Hall–Kier alpha value is -0.0800. The van der Waals surface area contributed by atoms with E-state index in [9.17, 15) is 10.2 Å². The van der Waals surface area contributed by atoms with Crippen LogP contribution in [0.1, 0.15) is 26.2 Å². The molecule has 3 atom stereocenters. The molecule has 2 aliphatic rings. The number of hydrogen-bond donors (Lipinski definition) is 2. The Morgan fingerprint density at radius 3 is 2.25 bits per heavy atom. The van der Waals surface area contributed by atoms with Crippen molar-refractivity contribution in [2.75, 3.05) is 13.2 Å². The molecule has 2 heteroatoms. The number of hydrogen-bond acceptors (Lipinski definition) is 2. The molecule has 2 N–H and O–H groups in total. The molecule has 0 aromatic carbocycles. The average molecular weight is 170 g/mol. The smallest absolute Gasteiger partial charge is 0.0514 e. The molecule has 2 rings (SSSR count). The lowest BCUT2D eigenvalue weighted by atomic mass is 9.68. The molecule has 0 spiro atoms. The maximum absolute atomic E-state index is 9.35. The van der Waals surface area contributed by atoms with Gasteiger partial charge in [0, 0.05) is 5.41 Å². The summed E-state index contributed by atoms with van der Waals surface area (Å²) in [6.07, 6.45) is 3.77. The van der Waals surface area contributed by atoms with Gasteiger partial charge in [-0.1, -0.05) is 6.92 Å². The molecule has 12 heavy (non-hydrogen) atoms. The quantitative estimate of drug-likeness (QED) is 0.649. The van der Waals surface area contributed by atoms with Crippen molar-refractivity contribution in [1.82, 2.24) is 0 Å². The van der Waals surface area contributed by atoms with E-state index in [-0.39, 0.29) is 18.6 Å². The Kier molecular flexibility index (Phi) is 1.92. The minimum absolute atomic E-state index is 0.136. The Morgan fingerprint density at radius 2 is 1.92 bits per heavy atom. The Balaban J connectivity index is 2.24. The van der Waals surface area contributed by atoms with E-state index < -0.39 is 0 Å². The Bertz CT molecular complexity index is 171. The fourth-order valence-corrected chi connectivity index (χ4v) is 3.43. The summed E-state index contributed by atoms with van der Waals surface area (Å²) in [6, 6.07) is 0. The number of aliphatic hydroxyl groups is 2. The molecule has 0 amide bonds. The molecule has 0 aliphatic heterocycles. The normalized spacial score (nSPS) is 43.8. The van der Waals surface area contributed by atoms with E-state index in [2.05, 4.69) is 6.92 Å². The van der Waals surface area contributed by atoms with Crippen molar-refractivity contribution in [3.05, 3.63) is 0 Å². The summed E-state index contributed by atoms with van der Waals surface area (Å²) in [5, 5.41) is 18.7. The third-order valence-electron chi connectivity index (χ3n) is 4.49. The monoisotopic (exact) mass is 170 g/mol. The van der Waals surface area contributed by atoms with Crippen LogP contribution >= 0.6 is 0 Å². The van der Waals surface area contributed by atoms with Crippen molar-refractivity contribution in [1.29, 1.82) is 0 Å². The summed E-state index contributed by atoms with van der Waals surface area (Å²) in [5.74, 6) is 1.88. The van der Waals surface area contributed by atoms with Gasteiger partial charge in [-0.3, -0.25) is 0 Å². The summed E-state index contributed by atoms with van der Waals surface area (Å²) in [5.41, 5.74) is -0.136. The van der Waals surface area contributed by atoms with Gasteiger partial charge in [0.15, 0.2) is 0 Å². The van der Waals surface area contributed by atoms with Gasteiger partial charge in [0.1, 0.15) is 0 Å². The van der Waals surface area contributed by atoms with Crippen LogP contribution in [-0.2, 0) is 0 Å². The van der Waals surface area contributed by atoms with Gasteiger partial charge in [0.05, 0.1) is 13.2 Å². The summed E-state index contributed by atoms with van der Waals surface area (Å²) in [6.45, 7) is 2.54. The average Bonchev–Trinajstić information content (AvgIpc) is 2.64. The van der Waals surface area contributed by atoms with Crippen molar-refractivity contribution < 1.29 is 10.2 Å². The number of rotatable bonds is 2. The second kappa shape index (κ2) is 2.71. The summed E-state index contributed by atoms with van der Waals surface area (Å²) < 4.78 is 0. The standard InChI is InChI=1S/C10H18O2/c1-7-8-2-3-9(4-8)10(7,5-11)6-12/h7-9,11-12H,2-6H2,1H3. The highest BCUT2D eigenvalue weighted by atomic mass is 16.3. The molecule has 2 bridgehead atoms. The van der Waals surface area contributed by atoms with Gasteiger partial charge in [-0.15, -0.1) is 0 Å². The van der Waals surface area contributed by atoms with Crippen molar-refractivity contribution in [3.8, 4) is 0 Å². The minimum Gasteiger partial charge on any atom is -0.396 e. The van der Waals surface area contributed by atoms with Gasteiger partial charge in [-0.2, -0.15) is 0 Å². The highest BCUT2D eigenvalue weighted by Crippen LogP contribution is 2.58. The summed E-state index contributed by atoms with van der Waals surface area (Å²) in [7, 11) is 0. The second-order valence-electron chi connectivity index (χ2n) is 4.61. The van der Waals surface area contributed by atoms with Crippen LogP contribution in [0.15, 0.2) is 0 Å². The first kappa shape index (κ1) is 8.52. The molecule has 2 nitrogen and oxygen atoms in total. The van der Waals surface area contributed by atoms with E-state index in [4.69, 9.17) is 0 Å². The lowest BCUT2D eigenvalue weighted by Gasteiger charge is -2.39. The molecule has 70 valence electrons. The lowest BCUT2D eigenvalue weighted by Crippen LogP contribution is -2.41. The molecular formula is C10H18O2. The van der Waals surface area contributed by atoms with E-state index in [0.29, 0.717) is 11.8 Å². The van der Waals surface area contributed by atoms with Crippen LogP contribution < -0.4 is 0 Å². The van der Waals surface area contributed by atoms with Crippen LogP contribution in [-0.4, -0.2) is 23.4 Å². The highest BCUT2D eigenvalue weighted by molar-refractivity contribution is 5.03. The molecule has 0 aromatic rings. The summed E-state index contributed by atoms with van der Waals surface area (Å²) in [4.78, 5) is 0. The molecule has 0 saturated heterocycles. The molecule has 2 saturated carbocycles. The van der Waals surface area contributed by atoms with Crippen molar-refractivity contribution in [3.63, 3.8) is 0 Å². The van der Waals surface area contributed by atoms with Gasteiger partial charge in [-0.25, -0.2) is 0 Å². The Morgan fingerprint density at radius 1 is 1.25 bits per heavy atom. The zero-order valence-electron chi connectivity index (χ0n) is 7.66. The summed E-state index contributed by atoms with van der Waals surface area (Å²) >= 11 is 0. The maximum Gasteiger partial charge on any atom is 0.0514 e. The number of aliphatic hydroxyl groups excluding tert-OH is 2. The SMILES string of the molecule is CC1C2CCC(C2)C1(CO)CO. The first-order chi connectivity index (χ1) is 5.74. The van der Waals surface area contributed by atoms with E-state index in [0.717, 1.165) is 5.92 Å². The van der Waals surface area contributed by atoms with Gasteiger partial charge in [-0.05, 0) is 37.0 Å². The molecule has 0 radical (unpaired) electrons. The minimum atomic E-state index is -0.136. The lowest BCUT2D eigenvalue weighted by molar-refractivity contribution is -0.0288. The molecule has 2 fully saturated rings. The van der Waals surface area contributed by atoms with Gasteiger partial charge in [0.2, 0.25) is 0 Å². The van der Waals surface area contributed by atoms with Crippen molar-refractivity contribution in [2.45, 2.75) is 26.2 Å². The topological polar surface area (TPSA) is 40.5 Å². The molecule has 3 unspecified atom stereocenters. The molecular weight excluding hydrogens is 152 g/mol. The van der Waals surface area contributed by atoms with Gasteiger partial charge < -0.3 is 10.2 Å². The van der Waals surface area contributed by atoms with E-state index in [1.807, 2.05) is 0 Å². The first-order valence-electron chi connectivity index (χ1n) is 4.96. The van der Waals surface area contributed by atoms with Crippen LogP contribution in [0.3, 0.4) is 0 Å². The molecule has 0 aromatic heterocycles. The van der Waals surface area contributed by atoms with Crippen LogP contribution in [0.25, 0.3) is 0 Å². The first-order valence-corrected chi connectivity index (χ1v) is 4.96. The van der Waals surface area contributed by atoms with E-state index >= 15 is 0 Å². The molecule has 2 aliphatic carbocycles. The fourth-order valence-electron chi connectivity index (χ4n) is 3.43. The van der Waals surface area contributed by atoms with Crippen molar-refractivity contribution >= 4 is 0 Å². The van der Waals surface area contributed by atoms with Crippen LogP contribution in [0.4, 0.5) is 0 Å². The van der Waals surface area contributed by atoms with Crippen molar-refractivity contribution in [2.24, 2.45) is 23.2 Å². The van der Waals surface area contributed by atoms with Crippen LogP contribution in [0.2, 0.25) is 0 Å². The Labute approximate surface area is 73.6 Å². The largest absolute Gasteiger partial charge is 0.396 e. The zero-order chi connectivity index (χ0) is 8.77. The van der Waals surface area contributed by atoms with Crippen LogP contribution in [0.5, 0.6) is 0 Å². The predicted molar refractivity (Wildman–Crippen MR) is 46.6 cm³/mol. The third kappa shape index (κ3) is 0.826. The van der Waals surface area contributed by atoms with Gasteiger partial charge in [0.25, 0.3) is 0 Å². The van der Waals surface area contributed by atoms with E-state index in [1.54, 1.807) is 0 Å². The zero-order valence-corrected chi connectivity index (χ0v) is 7.66. The predicted octanol–water partition coefficient (Wildman–Crippen LogP) is 1.02. The van der Waals surface area contributed by atoms with Crippen LogP contribution in [0, 0.1) is 23.2 Å². The third-order valence-corrected chi connectivity index (χ3v) is 4.49. The van der Waals surface area contributed by atoms with E-state index in [1.165, 1.54) is 19.3 Å². The second-order valence-corrected chi connectivity index (χ2v) is 4.61. The fraction of sp³-hybridized carbons (Fsp3) is 1.00.